The minimum absolute atomic E-state index is 0.486. The molecule has 138 heavy (non-hydrogen) atoms. The quantitative estimate of drug-likeness (QED) is 0.116. The molecule has 24 rings (SSSR count). The summed E-state index contributed by atoms with van der Waals surface area (Å²) in [7, 11) is 0. The van der Waals surface area contributed by atoms with Crippen LogP contribution in [-0.2, 0) is 0 Å². The van der Waals surface area contributed by atoms with E-state index in [1.165, 1.54) is 194 Å². The molecule has 0 unspecified atom stereocenters. The fourth-order valence-corrected chi connectivity index (χ4v) is 25.0. The maximum atomic E-state index is 2.41. The van der Waals surface area contributed by atoms with E-state index in [4.69, 9.17) is 0 Å². The summed E-state index contributed by atoms with van der Waals surface area (Å²) in [6.45, 7) is 27.0. The summed E-state index contributed by atoms with van der Waals surface area (Å²) >= 11 is 11.2. The largest absolute Gasteiger partial charge is 0.308 e. The van der Waals surface area contributed by atoms with Gasteiger partial charge in [0.2, 0.25) is 0 Å². The SMILES string of the molecule is CC(C)c1ccc(N2c3ccccc3Sc3ccccc32)cc1.CC(C)c1ccc2c(c1)N(c1ccccc1)c1ccccc1S2.CC(C)c1ccc2c(c1)Sc1ccccc1N2c1ccccc1.CC(C)c1cccc2c1N(c1ccccc1)c1ccccc1S2.CC(C)c1cccc2c1Sc1ccccc1N2c1ccccc1.CC(C)c1ccccc1N1c2ccccc2Sc2ccccc21. The van der Waals surface area contributed by atoms with Crippen LogP contribution in [-0.4, -0.2) is 0 Å². The Morgan fingerprint density at radius 3 is 0.804 bits per heavy atom. The minimum Gasteiger partial charge on any atom is -0.308 e. The Hall–Kier alpha value is -13.1. The van der Waals surface area contributed by atoms with Crippen molar-refractivity contribution in [2.75, 3.05) is 29.4 Å². The standard InChI is InChI=1S/6C21H19NS/c1-15(2)16-11-13-17(14-12-16)22-18-7-3-5-9-20(18)23-21-10-6-4-8-19(21)22;1-15(2)16-9-3-4-10-17(16)22-18-11-5-7-13-20(18)23-21-14-8-6-12-19(21)22;1-15(2)17-11-8-13-19-21(17)23-20-14-7-6-12-18(20)22(19)16-9-4-3-5-10-16;1-15(2)17-11-8-14-20-21(17)22(16-9-4-3-5-10-16)18-12-6-7-13-19(18)23-20;1-15(2)16-12-13-21-19(14-16)22(17-8-4-3-5-9-17)18-10-6-7-11-20(18)23-21;1-15(2)16-12-13-19-21(14-16)23-20-11-7-6-10-18(20)22(19)17-8-4-3-5-9-17/h6*3-15H,1-2H3. The van der Waals surface area contributed by atoms with E-state index in [1.54, 1.807) is 0 Å². The zero-order chi connectivity index (χ0) is 94.9. The lowest BCUT2D eigenvalue weighted by Gasteiger charge is -2.35. The predicted molar refractivity (Wildman–Crippen MR) is 596 cm³/mol. The van der Waals surface area contributed by atoms with E-state index in [-0.39, 0.29) is 0 Å². The molecule has 6 nitrogen and oxygen atoms in total. The molecule has 6 heterocycles. The molecule has 0 aliphatic carbocycles. The van der Waals surface area contributed by atoms with Gasteiger partial charge in [-0.3, -0.25) is 0 Å². The van der Waals surface area contributed by atoms with Crippen molar-refractivity contribution in [1.82, 2.24) is 0 Å². The number of hydrogen-bond acceptors (Lipinski definition) is 12. The van der Waals surface area contributed by atoms with Crippen molar-refractivity contribution in [3.63, 3.8) is 0 Å². The Labute approximate surface area is 842 Å². The Morgan fingerprint density at radius 1 is 0.145 bits per heavy atom. The Morgan fingerprint density at radius 2 is 0.399 bits per heavy atom. The summed E-state index contributed by atoms with van der Waals surface area (Å²) in [5.74, 6) is 3.12. The first-order valence-corrected chi connectivity index (χ1v) is 52.9. The van der Waals surface area contributed by atoms with Gasteiger partial charge >= 0.3 is 0 Å². The number of rotatable bonds is 12. The van der Waals surface area contributed by atoms with Gasteiger partial charge in [0.05, 0.1) is 68.2 Å². The summed E-state index contributed by atoms with van der Waals surface area (Å²) in [5.41, 5.74) is 31.0. The predicted octanol–water partition coefficient (Wildman–Crippen LogP) is 40.5. The number of nitrogens with zero attached hydrogens (tertiary/aromatic N) is 6. The first-order chi connectivity index (χ1) is 67.5. The van der Waals surface area contributed by atoms with Gasteiger partial charge in [0.15, 0.2) is 0 Å². The third kappa shape index (κ3) is 20.0. The molecule has 0 radical (unpaired) electrons. The van der Waals surface area contributed by atoms with Crippen molar-refractivity contribution in [3.8, 4) is 0 Å². The highest BCUT2D eigenvalue weighted by Crippen LogP contribution is 2.60. The molecule has 12 heteroatoms. The van der Waals surface area contributed by atoms with Gasteiger partial charge in [0, 0.05) is 92.9 Å². The molecule has 0 spiro atoms. The first-order valence-electron chi connectivity index (χ1n) is 48.0. The van der Waals surface area contributed by atoms with Crippen molar-refractivity contribution in [2.24, 2.45) is 0 Å². The molecule has 0 amide bonds. The molecule has 18 aromatic rings. The molecule has 0 fully saturated rings. The Bertz CT molecular complexity index is 7070. The molecule has 0 atom stereocenters. The van der Waals surface area contributed by atoms with Crippen LogP contribution in [0.1, 0.15) is 152 Å². The van der Waals surface area contributed by atoms with Gasteiger partial charge in [-0.1, -0.05) is 390 Å². The van der Waals surface area contributed by atoms with Crippen LogP contribution in [0.5, 0.6) is 0 Å². The van der Waals surface area contributed by atoms with Gasteiger partial charge in [-0.15, -0.1) is 0 Å². The van der Waals surface area contributed by atoms with E-state index in [2.05, 4.69) is 549 Å². The van der Waals surface area contributed by atoms with Crippen LogP contribution in [0.3, 0.4) is 0 Å². The van der Waals surface area contributed by atoms with E-state index in [0.29, 0.717) is 35.5 Å². The van der Waals surface area contributed by atoms with Crippen LogP contribution in [0.25, 0.3) is 0 Å². The zero-order valence-electron chi connectivity index (χ0n) is 80.2. The highest BCUT2D eigenvalue weighted by molar-refractivity contribution is 8.01. The monoisotopic (exact) mass is 1900 g/mol. The Kier molecular flexibility index (Phi) is 29.1. The van der Waals surface area contributed by atoms with E-state index in [9.17, 15) is 0 Å². The summed E-state index contributed by atoms with van der Waals surface area (Å²) in [6, 6.07) is 157. The van der Waals surface area contributed by atoms with E-state index >= 15 is 0 Å². The maximum absolute atomic E-state index is 2.41. The summed E-state index contributed by atoms with van der Waals surface area (Å²) in [5, 5.41) is 0. The second-order valence-corrected chi connectivity index (χ2v) is 43.1. The van der Waals surface area contributed by atoms with Gasteiger partial charge < -0.3 is 29.4 Å². The molecule has 684 valence electrons. The lowest BCUT2D eigenvalue weighted by molar-refractivity contribution is 0.840. The summed E-state index contributed by atoms with van der Waals surface area (Å²) < 4.78 is 0. The average molecular weight is 1900 g/mol. The Balaban J connectivity index is 0.000000106. The fraction of sp³-hybridized carbons (Fsp3) is 0.143. The number of fused-ring (bicyclic) bond motifs is 12. The van der Waals surface area contributed by atoms with Crippen LogP contribution in [0, 0.1) is 0 Å². The van der Waals surface area contributed by atoms with Crippen LogP contribution < -0.4 is 29.4 Å². The molecule has 0 N–H and O–H groups in total. The highest BCUT2D eigenvalue weighted by Gasteiger charge is 2.34. The number of benzene rings is 18. The van der Waals surface area contributed by atoms with Gasteiger partial charge in [0.1, 0.15) is 0 Å². The van der Waals surface area contributed by atoms with Crippen molar-refractivity contribution < 1.29 is 0 Å². The lowest BCUT2D eigenvalue weighted by Crippen LogP contribution is -2.17. The smallest absolute Gasteiger partial charge is 0.0636 e. The lowest BCUT2D eigenvalue weighted by atomic mass is 9.99. The summed E-state index contributed by atoms with van der Waals surface area (Å²) in [4.78, 5) is 30.2. The van der Waals surface area contributed by atoms with Crippen molar-refractivity contribution >= 4 is 173 Å². The van der Waals surface area contributed by atoms with Crippen LogP contribution in [0.4, 0.5) is 102 Å². The molecule has 0 bridgehead atoms. The second-order valence-electron chi connectivity index (χ2n) is 36.6. The van der Waals surface area contributed by atoms with Gasteiger partial charge in [0.25, 0.3) is 0 Å². The molecule has 0 saturated heterocycles. The number of para-hydroxylation sites is 14. The molecular formula is C126H114N6S6. The zero-order valence-corrected chi connectivity index (χ0v) is 85.1. The molecule has 6 aliphatic heterocycles. The third-order valence-electron chi connectivity index (χ3n) is 25.4. The summed E-state index contributed by atoms with van der Waals surface area (Å²) in [6.07, 6.45) is 0. The molecule has 0 saturated carbocycles. The molecular weight excluding hydrogens is 1790 g/mol. The highest BCUT2D eigenvalue weighted by atomic mass is 32.2. The van der Waals surface area contributed by atoms with E-state index in [1.807, 2.05) is 70.6 Å². The van der Waals surface area contributed by atoms with Crippen LogP contribution >= 0.6 is 70.6 Å². The molecule has 0 aromatic heterocycles. The third-order valence-corrected chi connectivity index (χ3v) is 32.2. The molecule has 6 aliphatic rings. The van der Waals surface area contributed by atoms with Crippen molar-refractivity contribution in [1.29, 1.82) is 0 Å². The fourth-order valence-electron chi connectivity index (χ4n) is 18.4. The van der Waals surface area contributed by atoms with Crippen LogP contribution in [0.15, 0.2) is 496 Å². The second kappa shape index (κ2) is 42.9. The van der Waals surface area contributed by atoms with Crippen molar-refractivity contribution in [3.05, 3.63) is 470 Å². The number of anilines is 18. The van der Waals surface area contributed by atoms with Crippen LogP contribution in [0.2, 0.25) is 0 Å². The van der Waals surface area contributed by atoms with Gasteiger partial charge in [-0.25, -0.2) is 0 Å². The minimum atomic E-state index is 0.486. The topological polar surface area (TPSA) is 19.4 Å². The number of hydrogen-bond donors (Lipinski definition) is 0. The first kappa shape index (κ1) is 93.9. The maximum Gasteiger partial charge on any atom is 0.0636 e. The molecule has 18 aromatic carbocycles. The van der Waals surface area contributed by atoms with Crippen molar-refractivity contribution in [2.45, 2.75) is 177 Å². The average Bonchev–Trinajstić information content (AvgIpc) is 0.800. The van der Waals surface area contributed by atoms with Gasteiger partial charge in [-0.05, 0) is 269 Å². The normalized spacial score (nSPS) is 12.9. The van der Waals surface area contributed by atoms with Gasteiger partial charge in [-0.2, -0.15) is 0 Å². The van der Waals surface area contributed by atoms with E-state index < -0.39 is 0 Å². The van der Waals surface area contributed by atoms with E-state index in [0.717, 1.165) is 0 Å².